The molecule has 0 aliphatic heterocycles. The van der Waals surface area contributed by atoms with Crippen LogP contribution < -0.4 is 0 Å². The molecule has 4 aromatic rings. The van der Waals surface area contributed by atoms with Crippen LogP contribution in [0.4, 0.5) is 8.78 Å². The maximum absolute atomic E-state index is 13.8. The van der Waals surface area contributed by atoms with E-state index in [1.54, 1.807) is 24.3 Å². The zero-order chi connectivity index (χ0) is 19.1. The monoisotopic (exact) mass is 424 g/mol. The molecule has 0 saturated heterocycles. The topological polar surface area (TPSA) is 25.8 Å². The summed E-state index contributed by atoms with van der Waals surface area (Å²) in [6, 6.07) is 14.3. The van der Waals surface area contributed by atoms with Gasteiger partial charge in [0, 0.05) is 15.6 Å². The molecule has 3 aromatic carbocycles. The molecule has 0 spiro atoms. The number of benzene rings is 3. The molecule has 0 aliphatic carbocycles. The first-order valence-corrected chi connectivity index (χ1v) is 9.22. The molecule has 5 heteroatoms. The Balaban J connectivity index is 2.10. The number of aryl methyl sites for hydroxylation is 1. The number of halogens is 3. The number of hydrogen-bond donors (Lipinski definition) is 0. The molecule has 0 unspecified atom stereocenters. The number of fused-ring (bicyclic) bond motifs is 1. The molecule has 1 aromatic heterocycles. The van der Waals surface area contributed by atoms with Gasteiger partial charge in [-0.15, -0.1) is 0 Å². The summed E-state index contributed by atoms with van der Waals surface area (Å²) in [6.45, 7) is 3.98. The Hall–Kier alpha value is -2.66. The highest BCUT2D eigenvalue weighted by atomic mass is 79.9. The van der Waals surface area contributed by atoms with Crippen molar-refractivity contribution in [2.24, 2.45) is 0 Å². The highest BCUT2D eigenvalue weighted by molar-refractivity contribution is 9.10. The summed E-state index contributed by atoms with van der Waals surface area (Å²) in [5, 5.41) is 0. The van der Waals surface area contributed by atoms with Gasteiger partial charge in [-0.25, -0.2) is 18.7 Å². The van der Waals surface area contributed by atoms with Crippen molar-refractivity contribution in [2.45, 2.75) is 13.8 Å². The minimum atomic E-state index is -0.360. The number of rotatable bonds is 2. The molecule has 0 aliphatic rings. The first kappa shape index (κ1) is 17.7. The number of aromatic nitrogens is 2. The molecule has 0 atom stereocenters. The van der Waals surface area contributed by atoms with Crippen LogP contribution >= 0.6 is 15.9 Å². The highest BCUT2D eigenvalue weighted by Crippen LogP contribution is 2.34. The first-order valence-electron chi connectivity index (χ1n) is 8.43. The van der Waals surface area contributed by atoms with Crippen molar-refractivity contribution in [3.8, 4) is 22.5 Å². The molecule has 4 rings (SSSR count). The van der Waals surface area contributed by atoms with Crippen LogP contribution in [0.2, 0.25) is 0 Å². The zero-order valence-electron chi connectivity index (χ0n) is 14.7. The molecular formula is C22H15BrF2N2. The van der Waals surface area contributed by atoms with E-state index in [4.69, 9.17) is 9.97 Å². The predicted octanol–water partition coefficient (Wildman–Crippen LogP) is 6.62. The second-order valence-corrected chi connectivity index (χ2v) is 7.27. The lowest BCUT2D eigenvalue weighted by molar-refractivity contribution is 0.627. The summed E-state index contributed by atoms with van der Waals surface area (Å²) in [6.07, 6.45) is 0. The van der Waals surface area contributed by atoms with E-state index >= 15 is 0 Å². The van der Waals surface area contributed by atoms with Crippen molar-refractivity contribution >= 4 is 27.0 Å². The average molecular weight is 425 g/mol. The molecule has 0 bridgehead atoms. The molecule has 27 heavy (non-hydrogen) atoms. The second-order valence-electron chi connectivity index (χ2n) is 6.42. The lowest BCUT2D eigenvalue weighted by Crippen LogP contribution is -1.99. The van der Waals surface area contributed by atoms with E-state index in [2.05, 4.69) is 15.9 Å². The van der Waals surface area contributed by atoms with Crippen molar-refractivity contribution in [1.29, 1.82) is 0 Å². The predicted molar refractivity (Wildman–Crippen MR) is 108 cm³/mol. The summed E-state index contributed by atoms with van der Waals surface area (Å²) in [5.41, 5.74) is 5.75. The van der Waals surface area contributed by atoms with Gasteiger partial charge in [-0.1, -0.05) is 40.2 Å². The Morgan fingerprint density at radius 1 is 0.741 bits per heavy atom. The second kappa shape index (κ2) is 6.82. The van der Waals surface area contributed by atoms with E-state index in [9.17, 15) is 8.78 Å². The molecular weight excluding hydrogens is 410 g/mol. The van der Waals surface area contributed by atoms with E-state index < -0.39 is 0 Å². The number of nitrogens with zero attached hydrogens (tertiary/aromatic N) is 2. The van der Waals surface area contributed by atoms with Gasteiger partial charge < -0.3 is 0 Å². The summed E-state index contributed by atoms with van der Waals surface area (Å²) in [4.78, 5) is 9.60. The van der Waals surface area contributed by atoms with Gasteiger partial charge in [0.1, 0.15) is 11.6 Å². The van der Waals surface area contributed by atoms with Crippen LogP contribution in [0, 0.1) is 25.5 Å². The third-order valence-corrected chi connectivity index (χ3v) is 5.48. The van der Waals surface area contributed by atoms with Crippen molar-refractivity contribution in [2.75, 3.05) is 0 Å². The molecule has 0 fully saturated rings. The number of hydrogen-bond acceptors (Lipinski definition) is 2. The Morgan fingerprint density at radius 3 is 1.85 bits per heavy atom. The van der Waals surface area contributed by atoms with Gasteiger partial charge in [0.25, 0.3) is 0 Å². The van der Waals surface area contributed by atoms with Crippen LogP contribution in [0.25, 0.3) is 33.5 Å². The molecule has 0 amide bonds. The van der Waals surface area contributed by atoms with Crippen LogP contribution in [0.15, 0.2) is 59.1 Å². The quantitative estimate of drug-likeness (QED) is 0.361. The lowest BCUT2D eigenvalue weighted by Gasteiger charge is -2.14. The van der Waals surface area contributed by atoms with Gasteiger partial charge in [0.2, 0.25) is 0 Å². The van der Waals surface area contributed by atoms with Gasteiger partial charge >= 0.3 is 0 Å². The third-order valence-electron chi connectivity index (χ3n) is 4.66. The Kier molecular flexibility index (Phi) is 4.48. The molecule has 0 N–H and O–H groups in total. The Labute approximate surface area is 164 Å². The van der Waals surface area contributed by atoms with Crippen molar-refractivity contribution in [3.05, 3.63) is 81.8 Å². The fraction of sp³-hybridized carbons (Fsp3) is 0.0909. The Morgan fingerprint density at radius 2 is 1.30 bits per heavy atom. The summed E-state index contributed by atoms with van der Waals surface area (Å²) in [7, 11) is 0. The van der Waals surface area contributed by atoms with Crippen LogP contribution in [-0.4, -0.2) is 9.97 Å². The average Bonchev–Trinajstić information content (AvgIpc) is 2.65. The van der Waals surface area contributed by atoms with Crippen molar-refractivity contribution in [3.63, 3.8) is 0 Å². The third kappa shape index (κ3) is 3.23. The van der Waals surface area contributed by atoms with E-state index in [1.807, 2.05) is 19.9 Å². The molecule has 2 nitrogen and oxygen atoms in total. The highest BCUT2D eigenvalue weighted by Gasteiger charge is 2.17. The first-order chi connectivity index (χ1) is 12.9. The maximum atomic E-state index is 13.8. The van der Waals surface area contributed by atoms with E-state index in [0.29, 0.717) is 28.0 Å². The SMILES string of the molecule is Cc1c(Br)cc2nc(-c3cccc(F)c3)c(-c3cccc(F)c3)nc2c1C. The van der Waals surface area contributed by atoms with E-state index in [-0.39, 0.29) is 11.6 Å². The standard InChI is InChI=1S/C22H15BrF2N2/c1-12-13(2)20-19(11-18(12)23)26-21(14-5-3-7-16(24)9-14)22(27-20)15-6-4-8-17(25)10-15/h3-11H,1-2H3. The zero-order valence-corrected chi connectivity index (χ0v) is 16.3. The molecule has 0 saturated carbocycles. The summed E-state index contributed by atoms with van der Waals surface area (Å²) in [5.74, 6) is -0.718. The van der Waals surface area contributed by atoms with Gasteiger partial charge in [-0.3, -0.25) is 0 Å². The molecule has 0 radical (unpaired) electrons. The van der Waals surface area contributed by atoms with Crippen LogP contribution in [0.1, 0.15) is 11.1 Å². The fourth-order valence-electron chi connectivity index (χ4n) is 3.08. The smallest absolute Gasteiger partial charge is 0.123 e. The maximum Gasteiger partial charge on any atom is 0.123 e. The largest absolute Gasteiger partial charge is 0.244 e. The summed E-state index contributed by atoms with van der Waals surface area (Å²) >= 11 is 3.56. The van der Waals surface area contributed by atoms with Crippen LogP contribution in [0.3, 0.4) is 0 Å². The van der Waals surface area contributed by atoms with E-state index in [1.165, 1.54) is 24.3 Å². The minimum Gasteiger partial charge on any atom is -0.244 e. The van der Waals surface area contributed by atoms with Crippen LogP contribution in [0.5, 0.6) is 0 Å². The van der Waals surface area contributed by atoms with Gasteiger partial charge in [-0.05, 0) is 55.3 Å². The Bertz CT molecular complexity index is 1190. The van der Waals surface area contributed by atoms with Crippen LogP contribution in [-0.2, 0) is 0 Å². The van der Waals surface area contributed by atoms with Gasteiger partial charge in [-0.2, -0.15) is 0 Å². The lowest BCUT2D eigenvalue weighted by atomic mass is 10.0. The fourth-order valence-corrected chi connectivity index (χ4v) is 3.60. The minimum absolute atomic E-state index is 0.358. The summed E-state index contributed by atoms with van der Waals surface area (Å²) < 4.78 is 28.6. The van der Waals surface area contributed by atoms with E-state index in [0.717, 1.165) is 21.1 Å². The van der Waals surface area contributed by atoms with Crippen molar-refractivity contribution in [1.82, 2.24) is 9.97 Å². The van der Waals surface area contributed by atoms with Gasteiger partial charge in [0.05, 0.1) is 22.4 Å². The molecule has 1 heterocycles. The normalized spacial score (nSPS) is 11.1. The van der Waals surface area contributed by atoms with Gasteiger partial charge in [0.15, 0.2) is 0 Å². The van der Waals surface area contributed by atoms with Crippen molar-refractivity contribution < 1.29 is 8.78 Å². The molecule has 134 valence electrons.